The number of rotatable bonds is 7. The largest absolute Gasteiger partial charge is 0.396 e. The maximum absolute atomic E-state index is 11.9. The molecule has 3 N–H and O–H groups in total. The fourth-order valence-electron chi connectivity index (χ4n) is 1.86. The van der Waals surface area contributed by atoms with E-state index in [4.69, 9.17) is 5.11 Å². The highest BCUT2D eigenvalue weighted by Gasteiger charge is 2.07. The van der Waals surface area contributed by atoms with Crippen LogP contribution in [0.1, 0.15) is 21.7 Å². The van der Waals surface area contributed by atoms with E-state index < -0.39 is 0 Å². The Morgan fingerprint density at radius 2 is 1.91 bits per heavy atom. The summed E-state index contributed by atoms with van der Waals surface area (Å²) in [5.41, 5.74) is 1.18. The van der Waals surface area contributed by atoms with Crippen LogP contribution in [-0.2, 0) is 11.2 Å². The minimum atomic E-state index is -0.190. The Hall–Kier alpha value is -2.18. The van der Waals surface area contributed by atoms with Gasteiger partial charge in [0.05, 0.1) is 6.42 Å². The number of carbonyl (C=O) groups is 2. The number of benzene rings is 1. The average Bonchev–Trinajstić information content (AvgIpc) is 3.01. The Morgan fingerprint density at radius 1 is 1.14 bits per heavy atom. The van der Waals surface area contributed by atoms with E-state index in [2.05, 4.69) is 10.6 Å². The van der Waals surface area contributed by atoms with E-state index >= 15 is 0 Å². The Morgan fingerprint density at radius 3 is 2.55 bits per heavy atom. The van der Waals surface area contributed by atoms with Gasteiger partial charge in [-0.05, 0) is 42.1 Å². The molecule has 0 fully saturated rings. The number of nitrogens with one attached hydrogen (secondary N) is 2. The lowest BCUT2D eigenvalue weighted by Crippen LogP contribution is -2.25. The van der Waals surface area contributed by atoms with E-state index in [-0.39, 0.29) is 18.4 Å². The fourth-order valence-corrected chi connectivity index (χ4v) is 2.57. The second-order valence-corrected chi connectivity index (χ2v) is 5.75. The number of amides is 2. The van der Waals surface area contributed by atoms with E-state index in [0.717, 1.165) is 4.88 Å². The molecule has 0 saturated heterocycles. The Balaban J connectivity index is 1.86. The van der Waals surface area contributed by atoms with Crippen LogP contribution >= 0.6 is 11.3 Å². The second-order valence-electron chi connectivity index (χ2n) is 4.71. The van der Waals surface area contributed by atoms with Crippen molar-refractivity contribution in [2.45, 2.75) is 12.8 Å². The van der Waals surface area contributed by atoms with Crippen molar-refractivity contribution in [3.8, 4) is 0 Å². The van der Waals surface area contributed by atoms with Crippen LogP contribution in [0.2, 0.25) is 0 Å². The van der Waals surface area contributed by atoms with Crippen molar-refractivity contribution < 1.29 is 14.7 Å². The molecule has 0 bridgehead atoms. The molecule has 116 valence electrons. The normalized spacial score (nSPS) is 10.2. The quantitative estimate of drug-likeness (QED) is 0.684. The number of aliphatic hydroxyl groups excluding tert-OH is 1. The first kappa shape index (κ1) is 16.2. The third-order valence-electron chi connectivity index (χ3n) is 2.97. The number of hydrogen-bond donors (Lipinski definition) is 3. The molecule has 5 nitrogen and oxygen atoms in total. The second kappa shape index (κ2) is 8.31. The van der Waals surface area contributed by atoms with Gasteiger partial charge in [-0.1, -0.05) is 6.07 Å². The molecule has 2 aromatic rings. The van der Waals surface area contributed by atoms with Crippen molar-refractivity contribution in [3.63, 3.8) is 0 Å². The zero-order chi connectivity index (χ0) is 15.8. The highest BCUT2D eigenvalue weighted by molar-refractivity contribution is 7.10. The standard InChI is InChI=1S/C16H18N2O3S/c19-9-2-8-17-16(21)12-4-6-13(7-5-12)18-15(20)11-14-3-1-10-22-14/h1,3-7,10,19H,2,8-9,11H2,(H,17,21)(H,18,20). The van der Waals surface area contributed by atoms with Gasteiger partial charge in [0.1, 0.15) is 0 Å². The van der Waals surface area contributed by atoms with Crippen molar-refractivity contribution in [3.05, 3.63) is 52.2 Å². The van der Waals surface area contributed by atoms with Crippen LogP contribution in [0.15, 0.2) is 41.8 Å². The summed E-state index contributed by atoms with van der Waals surface area (Å²) >= 11 is 1.55. The van der Waals surface area contributed by atoms with E-state index in [1.807, 2.05) is 17.5 Å². The molecule has 1 aromatic heterocycles. The lowest BCUT2D eigenvalue weighted by atomic mass is 10.2. The summed E-state index contributed by atoms with van der Waals surface area (Å²) in [6, 6.07) is 10.6. The molecule has 0 aliphatic rings. The van der Waals surface area contributed by atoms with Crippen molar-refractivity contribution in [1.82, 2.24) is 5.32 Å². The van der Waals surface area contributed by atoms with Gasteiger partial charge in [0, 0.05) is 29.3 Å². The highest BCUT2D eigenvalue weighted by Crippen LogP contribution is 2.13. The van der Waals surface area contributed by atoms with Crippen LogP contribution in [-0.4, -0.2) is 30.1 Å². The minimum Gasteiger partial charge on any atom is -0.396 e. The van der Waals surface area contributed by atoms with Gasteiger partial charge >= 0.3 is 0 Å². The molecule has 0 aliphatic carbocycles. The van der Waals surface area contributed by atoms with Gasteiger partial charge in [0.2, 0.25) is 5.91 Å². The molecule has 0 atom stereocenters. The van der Waals surface area contributed by atoms with Gasteiger partial charge < -0.3 is 15.7 Å². The predicted molar refractivity (Wildman–Crippen MR) is 87.1 cm³/mol. The highest BCUT2D eigenvalue weighted by atomic mass is 32.1. The summed E-state index contributed by atoms with van der Waals surface area (Å²) in [5, 5.41) is 16.1. The minimum absolute atomic E-state index is 0.0511. The molecule has 0 aliphatic heterocycles. The van der Waals surface area contributed by atoms with Crippen LogP contribution < -0.4 is 10.6 Å². The molecule has 1 heterocycles. The van der Waals surface area contributed by atoms with Crippen LogP contribution in [0.4, 0.5) is 5.69 Å². The molecule has 22 heavy (non-hydrogen) atoms. The molecule has 0 saturated carbocycles. The van der Waals surface area contributed by atoms with Crippen molar-refractivity contribution >= 4 is 28.8 Å². The number of aliphatic hydroxyl groups is 1. The predicted octanol–water partition coefficient (Wildman–Crippen LogP) is 2.04. The average molecular weight is 318 g/mol. The smallest absolute Gasteiger partial charge is 0.251 e. The first-order valence-electron chi connectivity index (χ1n) is 7.00. The molecule has 6 heteroatoms. The molecular formula is C16H18N2O3S. The Labute approximate surface area is 133 Å². The third kappa shape index (κ3) is 4.98. The first-order chi connectivity index (χ1) is 10.7. The fraction of sp³-hybridized carbons (Fsp3) is 0.250. The van der Waals surface area contributed by atoms with Crippen LogP contribution in [0.3, 0.4) is 0 Å². The first-order valence-corrected chi connectivity index (χ1v) is 7.88. The van der Waals surface area contributed by atoms with Crippen molar-refractivity contribution in [1.29, 1.82) is 0 Å². The molecule has 2 amide bonds. The molecule has 0 radical (unpaired) electrons. The number of hydrogen-bond acceptors (Lipinski definition) is 4. The lowest BCUT2D eigenvalue weighted by molar-refractivity contribution is -0.115. The number of anilines is 1. The van der Waals surface area contributed by atoms with Gasteiger partial charge in [-0.15, -0.1) is 11.3 Å². The van der Waals surface area contributed by atoms with Gasteiger partial charge in [-0.2, -0.15) is 0 Å². The SMILES string of the molecule is O=C(Cc1cccs1)Nc1ccc(C(=O)NCCCO)cc1. The van der Waals surface area contributed by atoms with Gasteiger partial charge in [0.25, 0.3) is 5.91 Å². The monoisotopic (exact) mass is 318 g/mol. The number of thiophene rings is 1. The maximum atomic E-state index is 11.9. The zero-order valence-corrected chi connectivity index (χ0v) is 12.9. The summed E-state index contributed by atoms with van der Waals surface area (Å²) in [4.78, 5) is 24.7. The summed E-state index contributed by atoms with van der Waals surface area (Å²) in [6.07, 6.45) is 0.879. The van der Waals surface area contributed by atoms with E-state index in [1.54, 1.807) is 35.6 Å². The Kier molecular flexibility index (Phi) is 6.12. The van der Waals surface area contributed by atoms with Crippen LogP contribution in [0, 0.1) is 0 Å². The van der Waals surface area contributed by atoms with Crippen molar-refractivity contribution in [2.75, 3.05) is 18.5 Å². The lowest BCUT2D eigenvalue weighted by Gasteiger charge is -2.07. The van der Waals surface area contributed by atoms with Crippen LogP contribution in [0.5, 0.6) is 0 Å². The summed E-state index contributed by atoms with van der Waals surface area (Å²) in [7, 11) is 0. The van der Waals surface area contributed by atoms with Crippen LogP contribution in [0.25, 0.3) is 0 Å². The summed E-state index contributed by atoms with van der Waals surface area (Å²) in [6.45, 7) is 0.490. The van der Waals surface area contributed by atoms with Gasteiger partial charge in [-0.3, -0.25) is 9.59 Å². The molecule has 0 unspecified atom stereocenters. The van der Waals surface area contributed by atoms with Crippen molar-refractivity contribution in [2.24, 2.45) is 0 Å². The van der Waals surface area contributed by atoms with Gasteiger partial charge in [-0.25, -0.2) is 0 Å². The third-order valence-corrected chi connectivity index (χ3v) is 3.84. The maximum Gasteiger partial charge on any atom is 0.251 e. The van der Waals surface area contributed by atoms with E-state index in [0.29, 0.717) is 30.6 Å². The Bertz CT molecular complexity index is 609. The molecule has 1 aromatic carbocycles. The molecule has 2 rings (SSSR count). The number of carbonyl (C=O) groups excluding carboxylic acids is 2. The van der Waals surface area contributed by atoms with Gasteiger partial charge in [0.15, 0.2) is 0 Å². The van der Waals surface area contributed by atoms with E-state index in [1.165, 1.54) is 0 Å². The zero-order valence-electron chi connectivity index (χ0n) is 12.0. The topological polar surface area (TPSA) is 78.4 Å². The molecular weight excluding hydrogens is 300 g/mol. The summed E-state index contributed by atoms with van der Waals surface area (Å²) in [5.74, 6) is -0.271. The summed E-state index contributed by atoms with van der Waals surface area (Å²) < 4.78 is 0. The van der Waals surface area contributed by atoms with E-state index in [9.17, 15) is 9.59 Å². The molecule has 0 spiro atoms.